The van der Waals surface area contributed by atoms with Gasteiger partial charge in [-0.1, -0.05) is 0 Å². The Morgan fingerprint density at radius 3 is 2.80 bits per heavy atom. The number of carbonyl (C=O) groups excluding carboxylic acids is 1. The van der Waals surface area contributed by atoms with Gasteiger partial charge in [0, 0.05) is 12.1 Å². The third kappa shape index (κ3) is 2.62. The van der Waals surface area contributed by atoms with Crippen LogP contribution in [0.2, 0.25) is 0 Å². The highest BCUT2D eigenvalue weighted by molar-refractivity contribution is 6.02. The second kappa shape index (κ2) is 5.05. The van der Waals surface area contributed by atoms with E-state index < -0.39 is 5.91 Å². The van der Waals surface area contributed by atoms with Gasteiger partial charge in [-0.15, -0.1) is 5.10 Å². The average molecular weight is 265 g/mol. The van der Waals surface area contributed by atoms with E-state index in [0.717, 1.165) is 18.5 Å². The Kier molecular flexibility index (Phi) is 3.09. The first-order valence-corrected chi connectivity index (χ1v) is 6.27. The Bertz CT molecular complexity index is 685. The van der Waals surface area contributed by atoms with Crippen molar-refractivity contribution in [3.8, 4) is 6.07 Å². The van der Waals surface area contributed by atoms with Crippen molar-refractivity contribution in [1.82, 2.24) is 15.2 Å². The summed E-state index contributed by atoms with van der Waals surface area (Å²) in [5.41, 5.74) is 1.53. The second-order valence-corrected chi connectivity index (χ2v) is 4.61. The number of nitrogens with one attached hydrogen (secondary N) is 1. The van der Waals surface area contributed by atoms with Crippen molar-refractivity contribution in [1.29, 1.82) is 5.26 Å². The molecule has 3 rings (SSSR count). The molecule has 1 fully saturated rings. The topological polar surface area (TPSA) is 91.6 Å². The summed E-state index contributed by atoms with van der Waals surface area (Å²) in [6.45, 7) is 0. The number of hydrogen-bond acceptors (Lipinski definition) is 5. The van der Waals surface area contributed by atoms with E-state index in [4.69, 9.17) is 5.26 Å². The summed E-state index contributed by atoms with van der Waals surface area (Å²) in [5.74, 6) is 0.500. The fourth-order valence-electron chi connectivity index (χ4n) is 1.81. The average Bonchev–Trinajstić information content (AvgIpc) is 3.33. The van der Waals surface area contributed by atoms with Gasteiger partial charge in [-0.3, -0.25) is 9.78 Å². The molecule has 1 amide bonds. The molecule has 6 nitrogen and oxygen atoms in total. The Hall–Kier alpha value is -2.81. The second-order valence-electron chi connectivity index (χ2n) is 4.61. The minimum Gasteiger partial charge on any atom is -0.304 e. The zero-order valence-corrected chi connectivity index (χ0v) is 10.6. The van der Waals surface area contributed by atoms with Crippen molar-refractivity contribution in [2.45, 2.75) is 18.8 Å². The normalized spacial score (nSPS) is 13.6. The number of anilines is 1. The van der Waals surface area contributed by atoms with Gasteiger partial charge in [0.15, 0.2) is 5.82 Å². The summed E-state index contributed by atoms with van der Waals surface area (Å²) in [5, 5.41) is 19.5. The molecular weight excluding hydrogens is 254 g/mol. The molecule has 0 aromatic carbocycles. The van der Waals surface area contributed by atoms with Crippen LogP contribution in [-0.2, 0) is 0 Å². The molecule has 2 aromatic rings. The summed E-state index contributed by atoms with van der Waals surface area (Å²) in [7, 11) is 0. The Morgan fingerprint density at radius 1 is 1.30 bits per heavy atom. The van der Waals surface area contributed by atoms with Crippen LogP contribution >= 0.6 is 0 Å². The predicted molar refractivity (Wildman–Crippen MR) is 70.9 cm³/mol. The van der Waals surface area contributed by atoms with E-state index in [0.29, 0.717) is 17.3 Å². The molecule has 98 valence electrons. The lowest BCUT2D eigenvalue weighted by molar-refractivity contribution is 0.102. The maximum atomic E-state index is 12.0. The monoisotopic (exact) mass is 265 g/mol. The fraction of sp³-hybridized carbons (Fsp3) is 0.214. The zero-order chi connectivity index (χ0) is 13.9. The van der Waals surface area contributed by atoms with Gasteiger partial charge in [0.25, 0.3) is 5.91 Å². The molecular formula is C14H11N5O. The van der Waals surface area contributed by atoms with E-state index in [2.05, 4.69) is 20.5 Å². The third-order valence-electron chi connectivity index (χ3n) is 3.04. The van der Waals surface area contributed by atoms with Crippen LogP contribution in [-0.4, -0.2) is 21.1 Å². The van der Waals surface area contributed by atoms with Crippen LogP contribution in [0.1, 0.15) is 40.5 Å². The molecule has 2 heterocycles. The molecule has 20 heavy (non-hydrogen) atoms. The molecule has 0 spiro atoms. The molecule has 6 heteroatoms. The molecule has 1 aliphatic rings. The minimum absolute atomic E-state index is 0.178. The van der Waals surface area contributed by atoms with E-state index in [-0.39, 0.29) is 5.69 Å². The van der Waals surface area contributed by atoms with Gasteiger partial charge in [-0.05, 0) is 37.1 Å². The Labute approximate surface area is 115 Å². The lowest BCUT2D eigenvalue weighted by Gasteiger charge is -2.04. The number of amides is 1. The molecule has 1 saturated carbocycles. The first-order chi connectivity index (χ1) is 9.76. The Morgan fingerprint density at radius 2 is 2.15 bits per heavy atom. The van der Waals surface area contributed by atoms with Gasteiger partial charge in [0.05, 0.1) is 17.3 Å². The SMILES string of the molecule is N#Cc1ccnc(C(=O)Nc2ccc(C3CC3)nn2)c1. The van der Waals surface area contributed by atoms with Crippen LogP contribution < -0.4 is 5.32 Å². The molecule has 2 aromatic heterocycles. The molecule has 0 atom stereocenters. The number of carbonyl (C=O) groups is 1. The van der Waals surface area contributed by atoms with Gasteiger partial charge < -0.3 is 5.32 Å². The first kappa shape index (κ1) is 12.2. The van der Waals surface area contributed by atoms with E-state index in [1.807, 2.05) is 12.1 Å². The number of hydrogen-bond donors (Lipinski definition) is 1. The molecule has 1 aliphatic carbocycles. The van der Waals surface area contributed by atoms with Crippen molar-refractivity contribution in [3.05, 3.63) is 47.4 Å². The molecule has 0 bridgehead atoms. The van der Waals surface area contributed by atoms with Gasteiger partial charge in [-0.2, -0.15) is 10.4 Å². The highest BCUT2D eigenvalue weighted by Crippen LogP contribution is 2.38. The highest BCUT2D eigenvalue weighted by Gasteiger charge is 2.25. The molecule has 1 N–H and O–H groups in total. The summed E-state index contributed by atoms with van der Waals surface area (Å²) >= 11 is 0. The van der Waals surface area contributed by atoms with Crippen molar-refractivity contribution in [2.24, 2.45) is 0 Å². The molecule has 0 unspecified atom stereocenters. The minimum atomic E-state index is -0.407. The molecule has 0 aliphatic heterocycles. The van der Waals surface area contributed by atoms with Crippen LogP contribution in [0, 0.1) is 11.3 Å². The number of pyridine rings is 1. The van der Waals surface area contributed by atoms with Crippen LogP contribution in [0.4, 0.5) is 5.82 Å². The quantitative estimate of drug-likeness (QED) is 0.914. The van der Waals surface area contributed by atoms with Crippen molar-refractivity contribution in [3.63, 3.8) is 0 Å². The summed E-state index contributed by atoms with van der Waals surface area (Å²) in [6, 6.07) is 8.54. The number of rotatable bonds is 3. The summed E-state index contributed by atoms with van der Waals surface area (Å²) in [6.07, 6.45) is 3.74. The number of nitriles is 1. The number of nitrogens with zero attached hydrogens (tertiary/aromatic N) is 4. The maximum Gasteiger partial charge on any atom is 0.275 e. The standard InChI is InChI=1S/C14H11N5O/c15-8-9-5-6-16-12(7-9)14(20)17-13-4-3-11(18-19-13)10-1-2-10/h3-7,10H,1-2H2,(H,17,19,20). The summed E-state index contributed by atoms with van der Waals surface area (Å²) in [4.78, 5) is 15.9. The van der Waals surface area contributed by atoms with Gasteiger partial charge in [0.2, 0.25) is 0 Å². The van der Waals surface area contributed by atoms with Gasteiger partial charge in [0.1, 0.15) is 5.69 Å². The fourth-order valence-corrected chi connectivity index (χ4v) is 1.81. The smallest absolute Gasteiger partial charge is 0.275 e. The predicted octanol–water partition coefficient (Wildman–Crippen LogP) is 1.87. The highest BCUT2D eigenvalue weighted by atomic mass is 16.1. The lowest BCUT2D eigenvalue weighted by Crippen LogP contribution is -2.15. The summed E-state index contributed by atoms with van der Waals surface area (Å²) < 4.78 is 0. The third-order valence-corrected chi connectivity index (χ3v) is 3.04. The van der Waals surface area contributed by atoms with Gasteiger partial charge >= 0.3 is 0 Å². The Balaban J connectivity index is 1.73. The van der Waals surface area contributed by atoms with E-state index in [1.54, 1.807) is 12.1 Å². The van der Waals surface area contributed by atoms with E-state index in [1.165, 1.54) is 12.3 Å². The zero-order valence-electron chi connectivity index (χ0n) is 10.6. The van der Waals surface area contributed by atoms with E-state index in [9.17, 15) is 4.79 Å². The lowest BCUT2D eigenvalue weighted by atomic mass is 10.2. The molecule has 0 radical (unpaired) electrons. The maximum absolute atomic E-state index is 12.0. The van der Waals surface area contributed by atoms with E-state index >= 15 is 0 Å². The largest absolute Gasteiger partial charge is 0.304 e. The van der Waals surface area contributed by atoms with Crippen molar-refractivity contribution >= 4 is 11.7 Å². The van der Waals surface area contributed by atoms with Crippen molar-refractivity contribution in [2.75, 3.05) is 5.32 Å². The van der Waals surface area contributed by atoms with Crippen molar-refractivity contribution < 1.29 is 4.79 Å². The number of aromatic nitrogens is 3. The van der Waals surface area contributed by atoms with Crippen LogP contribution in [0.25, 0.3) is 0 Å². The van der Waals surface area contributed by atoms with Gasteiger partial charge in [-0.25, -0.2) is 0 Å². The molecule has 0 saturated heterocycles. The first-order valence-electron chi connectivity index (χ1n) is 6.27. The van der Waals surface area contributed by atoms with Crippen LogP contribution in [0.3, 0.4) is 0 Å². The van der Waals surface area contributed by atoms with Crippen LogP contribution in [0.5, 0.6) is 0 Å². The van der Waals surface area contributed by atoms with Crippen LogP contribution in [0.15, 0.2) is 30.5 Å².